The van der Waals surface area contributed by atoms with Gasteiger partial charge in [0.15, 0.2) is 0 Å². The van der Waals surface area contributed by atoms with Crippen LogP contribution in [0.1, 0.15) is 26.3 Å². The van der Waals surface area contributed by atoms with E-state index < -0.39 is 5.91 Å². The Morgan fingerprint density at radius 2 is 1.95 bits per heavy atom. The van der Waals surface area contributed by atoms with Gasteiger partial charge < -0.3 is 30.0 Å². The molecule has 0 aliphatic rings. The minimum atomic E-state index is -0.431. The Morgan fingerprint density at radius 1 is 1.14 bits per heavy atom. The Kier molecular flexibility index (Phi) is 9.75. The number of benzene rings is 2. The van der Waals surface area contributed by atoms with E-state index in [9.17, 15) is 4.79 Å². The summed E-state index contributed by atoms with van der Waals surface area (Å²) in [5, 5.41) is 14.1. The predicted molar refractivity (Wildman–Crippen MR) is 169 cm³/mol. The number of likely N-dealkylation sites (N-methyl/N-ethyl adjacent to an activating group) is 1. The fourth-order valence-corrected chi connectivity index (χ4v) is 3.88. The normalized spacial score (nSPS) is 11.6. The van der Waals surface area contributed by atoms with Crippen molar-refractivity contribution in [2.75, 3.05) is 37.9 Å². The molecule has 0 bridgehead atoms. The first-order valence-corrected chi connectivity index (χ1v) is 13.7. The maximum absolute atomic E-state index is 12.7. The van der Waals surface area contributed by atoms with Gasteiger partial charge in [0.05, 0.1) is 11.2 Å². The number of aryl methyl sites for hydroxylation is 1. The fourth-order valence-electron chi connectivity index (χ4n) is 3.88. The minimum Gasteiger partial charge on any atom is -0.490 e. The van der Waals surface area contributed by atoms with E-state index in [4.69, 9.17) is 14.9 Å². The summed E-state index contributed by atoms with van der Waals surface area (Å²) in [6.07, 6.45) is 4.15. The van der Waals surface area contributed by atoms with Crippen LogP contribution in [0.5, 0.6) is 17.2 Å². The molecule has 43 heavy (non-hydrogen) atoms. The third kappa shape index (κ3) is 8.89. The van der Waals surface area contributed by atoms with Crippen LogP contribution in [0.2, 0.25) is 0 Å². The summed E-state index contributed by atoms with van der Waals surface area (Å²) >= 11 is 0. The molecule has 0 unspecified atom stereocenters. The molecule has 0 saturated carbocycles. The van der Waals surface area contributed by atoms with Gasteiger partial charge in [-0.3, -0.25) is 10.2 Å². The molecule has 0 aliphatic heterocycles. The van der Waals surface area contributed by atoms with Gasteiger partial charge in [0, 0.05) is 41.4 Å². The lowest BCUT2D eigenvalue weighted by Gasteiger charge is -2.16. The Balaban J connectivity index is 1.63. The molecule has 11 nitrogen and oxygen atoms in total. The van der Waals surface area contributed by atoms with Gasteiger partial charge in [-0.1, -0.05) is 5.92 Å². The highest BCUT2D eigenvalue weighted by Crippen LogP contribution is 2.34. The maximum atomic E-state index is 12.7. The topological polar surface area (TPSA) is 141 Å². The quantitative estimate of drug-likeness (QED) is 0.114. The smallest absolute Gasteiger partial charge is 0.300 e. The van der Waals surface area contributed by atoms with Crippen LogP contribution in [0.4, 0.5) is 17.2 Å². The number of hydrogen-bond donors (Lipinski definition) is 4. The lowest BCUT2D eigenvalue weighted by Crippen LogP contribution is -2.20. The van der Waals surface area contributed by atoms with Crippen molar-refractivity contribution in [3.05, 3.63) is 66.0 Å². The maximum Gasteiger partial charge on any atom is 0.300 e. The molecule has 0 aliphatic carbocycles. The summed E-state index contributed by atoms with van der Waals surface area (Å²) in [4.78, 5) is 30.6. The van der Waals surface area contributed by atoms with E-state index >= 15 is 0 Å². The van der Waals surface area contributed by atoms with Crippen molar-refractivity contribution in [2.45, 2.75) is 27.7 Å². The average molecular weight is 581 g/mol. The van der Waals surface area contributed by atoms with Gasteiger partial charge in [0.2, 0.25) is 0 Å². The second-order valence-electron chi connectivity index (χ2n) is 11.1. The number of aromatic amines is 1. The van der Waals surface area contributed by atoms with Gasteiger partial charge in [-0.2, -0.15) is 0 Å². The van der Waals surface area contributed by atoms with Crippen LogP contribution in [0.25, 0.3) is 10.9 Å². The zero-order valence-electron chi connectivity index (χ0n) is 25.2. The summed E-state index contributed by atoms with van der Waals surface area (Å²) in [5.74, 6) is 7.53. The van der Waals surface area contributed by atoms with E-state index in [1.807, 2.05) is 64.9 Å². The molecule has 0 radical (unpaired) electrons. The number of hydrogen-bond acceptors (Lipinski definition) is 8. The summed E-state index contributed by atoms with van der Waals surface area (Å²) in [7, 11) is 3.93. The molecule has 4 N–H and O–H groups in total. The molecular weight excluding hydrogens is 544 g/mol. The standard InChI is InChI=1S/C32H36N8O3/c1-21-15-22(7-8-27(21)43-23-10-12-34-29(16-23)35-19-33)38-31-24-17-26(39-30(41)9-11-32(2,3)4)28(42-14-13-40(5)6)18-25(24)36-20-37-31/h7-8,10,12,15-20H,13-14H2,1-6H3,(H,39,41)(H2,33,34,35)(H,36,37,38). The number of ether oxygens (including phenoxy) is 2. The van der Waals surface area contributed by atoms with Crippen LogP contribution in [-0.2, 0) is 4.79 Å². The summed E-state index contributed by atoms with van der Waals surface area (Å²) < 4.78 is 12.1. The number of nitrogens with one attached hydrogen (secondary N) is 4. The molecule has 222 valence electrons. The highest BCUT2D eigenvalue weighted by atomic mass is 16.5. The first kappa shape index (κ1) is 30.7. The van der Waals surface area contributed by atoms with Crippen molar-refractivity contribution in [3.63, 3.8) is 0 Å². The summed E-state index contributed by atoms with van der Waals surface area (Å²) in [6, 6.07) is 12.8. The average Bonchev–Trinajstić information content (AvgIpc) is 2.94. The Bertz CT molecular complexity index is 1760. The largest absolute Gasteiger partial charge is 0.490 e. The number of H-pyrrole nitrogens is 1. The molecule has 0 saturated heterocycles. The molecule has 11 heteroatoms. The monoisotopic (exact) mass is 580 g/mol. The SMILES string of the molecule is Cc1cc(Nc2ncnc3cc(OCCN(C)C)c(NC(=O)C#CC(C)(C)C)cc23)ccc1Oc1cc[nH]/c(=N\C=N)c1. The summed E-state index contributed by atoms with van der Waals surface area (Å²) in [6.45, 7) is 8.91. The van der Waals surface area contributed by atoms with Gasteiger partial charge in [0.1, 0.15) is 47.8 Å². The van der Waals surface area contributed by atoms with Crippen molar-refractivity contribution in [1.29, 1.82) is 5.41 Å². The third-order valence-electron chi connectivity index (χ3n) is 5.96. The van der Waals surface area contributed by atoms with E-state index in [0.717, 1.165) is 17.6 Å². The molecular formula is C32H36N8O3. The zero-order chi connectivity index (χ0) is 31.0. The lowest BCUT2D eigenvalue weighted by molar-refractivity contribution is -0.111. The number of rotatable bonds is 10. The van der Waals surface area contributed by atoms with Crippen LogP contribution in [-0.4, -0.2) is 59.3 Å². The molecule has 0 atom stereocenters. The molecule has 1 amide bonds. The first-order valence-electron chi connectivity index (χ1n) is 13.7. The number of pyridine rings is 1. The Labute approximate surface area is 250 Å². The van der Waals surface area contributed by atoms with Crippen molar-refractivity contribution in [3.8, 4) is 29.1 Å². The van der Waals surface area contributed by atoms with Crippen LogP contribution >= 0.6 is 0 Å². The predicted octanol–water partition coefficient (Wildman–Crippen LogP) is 5.24. The number of aromatic nitrogens is 3. The molecule has 0 spiro atoms. The second kappa shape index (κ2) is 13.6. The lowest BCUT2D eigenvalue weighted by atomic mass is 9.98. The highest BCUT2D eigenvalue weighted by molar-refractivity contribution is 6.06. The molecule has 2 heterocycles. The number of carbonyl (C=O) groups excluding carboxylic acids is 1. The van der Waals surface area contributed by atoms with Crippen molar-refractivity contribution in [2.24, 2.45) is 10.4 Å². The highest BCUT2D eigenvalue weighted by Gasteiger charge is 2.15. The summed E-state index contributed by atoms with van der Waals surface area (Å²) in [5.41, 5.74) is 3.02. The molecule has 2 aromatic carbocycles. The zero-order valence-corrected chi connectivity index (χ0v) is 25.2. The first-order chi connectivity index (χ1) is 20.5. The second-order valence-corrected chi connectivity index (χ2v) is 11.1. The Hall–Kier alpha value is -5.21. The number of anilines is 3. The molecule has 4 rings (SSSR count). The van der Waals surface area contributed by atoms with E-state index in [2.05, 4.69) is 42.4 Å². The van der Waals surface area contributed by atoms with Crippen LogP contribution in [0.15, 0.2) is 60.0 Å². The Morgan fingerprint density at radius 3 is 2.67 bits per heavy atom. The van der Waals surface area contributed by atoms with Gasteiger partial charge in [0.25, 0.3) is 5.91 Å². The molecule has 4 aromatic rings. The molecule has 0 fully saturated rings. The van der Waals surface area contributed by atoms with Gasteiger partial charge in [-0.05, 0) is 83.6 Å². The van der Waals surface area contributed by atoms with Crippen molar-refractivity contribution in [1.82, 2.24) is 19.9 Å². The van der Waals surface area contributed by atoms with Crippen LogP contribution in [0, 0.1) is 29.6 Å². The van der Waals surface area contributed by atoms with Gasteiger partial charge in [-0.25, -0.2) is 15.0 Å². The van der Waals surface area contributed by atoms with Gasteiger partial charge in [-0.15, -0.1) is 0 Å². The van der Waals surface area contributed by atoms with E-state index in [1.54, 1.807) is 30.5 Å². The number of nitrogens with zero attached hydrogens (tertiary/aromatic N) is 4. The minimum absolute atomic E-state index is 0.311. The van der Waals surface area contributed by atoms with Crippen molar-refractivity contribution < 1.29 is 14.3 Å². The third-order valence-corrected chi connectivity index (χ3v) is 5.96. The van der Waals surface area contributed by atoms with Crippen LogP contribution < -0.4 is 25.6 Å². The number of fused-ring (bicyclic) bond motifs is 1. The van der Waals surface area contributed by atoms with Crippen molar-refractivity contribution >= 4 is 40.3 Å². The fraction of sp³-hybridized carbons (Fsp3) is 0.281. The molecule has 2 aromatic heterocycles. The van der Waals surface area contributed by atoms with Gasteiger partial charge >= 0.3 is 0 Å². The number of amides is 1. The van der Waals surface area contributed by atoms with E-state index in [1.165, 1.54) is 6.33 Å². The van der Waals surface area contributed by atoms with Crippen LogP contribution in [0.3, 0.4) is 0 Å². The van der Waals surface area contributed by atoms with E-state index in [0.29, 0.717) is 58.3 Å². The van der Waals surface area contributed by atoms with E-state index in [-0.39, 0.29) is 5.41 Å². The number of carbonyl (C=O) groups is 1.